The summed E-state index contributed by atoms with van der Waals surface area (Å²) in [5, 5.41) is 24.8. The molecule has 0 aliphatic rings. The van der Waals surface area contributed by atoms with E-state index in [1.807, 2.05) is 0 Å². The van der Waals surface area contributed by atoms with Gasteiger partial charge in [0.25, 0.3) is 11.5 Å². The highest BCUT2D eigenvalue weighted by atomic mass is 35.5. The Hall–Kier alpha value is -3.59. The Kier molecular flexibility index (Phi) is 13.8. The molecule has 0 aliphatic heterocycles. The molecule has 232 valence electrons. The van der Waals surface area contributed by atoms with Gasteiger partial charge in [-0.3, -0.25) is 14.6 Å². The number of carbonyl (C=O) groups is 2. The van der Waals surface area contributed by atoms with Gasteiger partial charge in [0.05, 0.1) is 73.6 Å². The predicted octanol–water partition coefficient (Wildman–Crippen LogP) is 2.00. The molecule has 3 rings (SSSR count). The molecule has 2 heterocycles. The molecule has 15 heteroatoms. The molecule has 0 saturated heterocycles. The number of rotatable bonds is 18. The fraction of sp³-hybridized carbons (Fsp3) is 0.393. The number of aliphatic hydroxyl groups excluding tert-OH is 1. The zero-order valence-corrected chi connectivity index (χ0v) is 24.8. The average Bonchev–Trinajstić information content (AvgIpc) is 2.98. The first kappa shape index (κ1) is 33.9. The van der Waals surface area contributed by atoms with E-state index in [-0.39, 0.29) is 65.3 Å². The molecule has 0 radical (unpaired) electrons. The highest BCUT2D eigenvalue weighted by molar-refractivity contribution is 6.39. The lowest BCUT2D eigenvalue weighted by atomic mass is 10.0. The van der Waals surface area contributed by atoms with Gasteiger partial charge in [-0.05, 0) is 11.1 Å². The van der Waals surface area contributed by atoms with E-state index in [0.717, 1.165) is 0 Å². The number of ether oxygens (including phenoxy) is 4. The molecule has 1 aromatic carbocycles. The highest BCUT2D eigenvalue weighted by Crippen LogP contribution is 2.27. The molecule has 0 bridgehead atoms. The molecule has 0 fully saturated rings. The maximum absolute atomic E-state index is 13.0. The van der Waals surface area contributed by atoms with Crippen LogP contribution in [0.4, 0.5) is 0 Å². The van der Waals surface area contributed by atoms with Crippen LogP contribution in [0.3, 0.4) is 0 Å². The van der Waals surface area contributed by atoms with Crippen LogP contribution in [0.15, 0.2) is 47.7 Å². The quantitative estimate of drug-likeness (QED) is 0.174. The van der Waals surface area contributed by atoms with Crippen molar-refractivity contribution < 1.29 is 38.7 Å². The van der Waals surface area contributed by atoms with E-state index in [0.29, 0.717) is 37.6 Å². The van der Waals surface area contributed by atoms with Gasteiger partial charge in [0.15, 0.2) is 5.75 Å². The van der Waals surface area contributed by atoms with Gasteiger partial charge in [-0.1, -0.05) is 47.5 Å². The van der Waals surface area contributed by atoms with E-state index in [1.54, 1.807) is 24.3 Å². The second-order valence-electron chi connectivity index (χ2n) is 8.97. The number of amides is 1. The Labute approximate surface area is 257 Å². The molecule has 43 heavy (non-hydrogen) atoms. The first-order valence-corrected chi connectivity index (χ1v) is 13.9. The molecule has 3 N–H and O–H groups in total. The van der Waals surface area contributed by atoms with Crippen LogP contribution >= 0.6 is 23.2 Å². The maximum Gasteiger partial charge on any atom is 0.326 e. The van der Waals surface area contributed by atoms with Crippen LogP contribution in [-0.2, 0) is 32.5 Å². The minimum atomic E-state index is -1.28. The zero-order valence-electron chi connectivity index (χ0n) is 23.3. The van der Waals surface area contributed by atoms with Crippen LogP contribution in [0, 0.1) is 0 Å². The number of carbonyl (C=O) groups excluding carboxylic acids is 1. The van der Waals surface area contributed by atoms with Crippen LogP contribution in [-0.4, -0.2) is 95.8 Å². The van der Waals surface area contributed by atoms with Crippen molar-refractivity contribution in [1.82, 2.24) is 20.1 Å². The third kappa shape index (κ3) is 10.3. The van der Waals surface area contributed by atoms with Crippen LogP contribution in [0.1, 0.15) is 15.9 Å². The summed E-state index contributed by atoms with van der Waals surface area (Å²) in [7, 11) is 1.52. The first-order valence-electron chi connectivity index (χ1n) is 13.2. The molecule has 13 nitrogen and oxygen atoms in total. The average molecular weight is 639 g/mol. The van der Waals surface area contributed by atoms with Crippen molar-refractivity contribution in [1.29, 1.82) is 0 Å². The third-order valence-corrected chi connectivity index (χ3v) is 6.51. The number of pyridine rings is 1. The van der Waals surface area contributed by atoms with E-state index < -0.39 is 17.9 Å². The van der Waals surface area contributed by atoms with Crippen molar-refractivity contribution in [2.45, 2.75) is 12.5 Å². The van der Waals surface area contributed by atoms with Gasteiger partial charge in [0.2, 0.25) is 0 Å². The van der Waals surface area contributed by atoms with E-state index in [2.05, 4.69) is 15.4 Å². The summed E-state index contributed by atoms with van der Waals surface area (Å²) in [4.78, 5) is 41.4. The van der Waals surface area contributed by atoms with Crippen LogP contribution < -0.4 is 15.6 Å². The van der Waals surface area contributed by atoms with Gasteiger partial charge in [-0.15, -0.1) is 0 Å². The molecular weight excluding hydrogens is 607 g/mol. The molecule has 0 saturated carbocycles. The number of nitrogens with zero attached hydrogens (tertiary/aromatic N) is 3. The number of carboxylic acid groups (broad SMARTS) is 1. The topological polar surface area (TPSA) is 171 Å². The number of halogens is 2. The summed E-state index contributed by atoms with van der Waals surface area (Å²) >= 11 is 12.0. The Morgan fingerprint density at radius 3 is 2.09 bits per heavy atom. The van der Waals surface area contributed by atoms with Crippen molar-refractivity contribution in [3.05, 3.63) is 74.4 Å². The molecular formula is C28H32Cl2N4O9. The lowest BCUT2D eigenvalue weighted by molar-refractivity contribution is -0.139. The fourth-order valence-corrected chi connectivity index (χ4v) is 4.35. The van der Waals surface area contributed by atoms with Gasteiger partial charge in [-0.2, -0.15) is 5.10 Å². The van der Waals surface area contributed by atoms with Crippen LogP contribution in [0.5, 0.6) is 5.75 Å². The van der Waals surface area contributed by atoms with E-state index in [9.17, 15) is 19.5 Å². The summed E-state index contributed by atoms with van der Waals surface area (Å²) in [6.45, 7) is 2.12. The third-order valence-electron chi connectivity index (χ3n) is 5.93. The standard InChI is InChI=1S/C28H32Cl2N4O9/c1-34-27(37)24(23(17-32-34)43-13-12-42-11-10-41-9-8-40-7-6-35)19-4-2-18(3-5-19)14-22(28(38)39)33-26(36)25-20(29)15-31-16-21(25)30/h2-5,15-17,22,35H,6-14H2,1H3,(H,33,36)(H,38,39). The lowest BCUT2D eigenvalue weighted by Gasteiger charge is -2.16. The highest BCUT2D eigenvalue weighted by Gasteiger charge is 2.24. The molecule has 2 aromatic heterocycles. The molecule has 0 aliphatic carbocycles. The SMILES string of the molecule is Cn1ncc(OCCOCCOCCOCCO)c(-c2ccc(CC(NC(=O)c3c(Cl)cncc3Cl)C(=O)O)cc2)c1=O. The summed E-state index contributed by atoms with van der Waals surface area (Å²) < 4.78 is 22.9. The lowest BCUT2D eigenvalue weighted by Crippen LogP contribution is -2.42. The van der Waals surface area contributed by atoms with Gasteiger partial charge in [0, 0.05) is 25.9 Å². The summed E-state index contributed by atoms with van der Waals surface area (Å²) in [5.74, 6) is -1.74. The van der Waals surface area contributed by atoms with Crippen LogP contribution in [0.25, 0.3) is 11.1 Å². The van der Waals surface area contributed by atoms with Gasteiger partial charge >= 0.3 is 5.97 Å². The fourth-order valence-electron chi connectivity index (χ4n) is 3.82. The molecule has 0 spiro atoms. The monoisotopic (exact) mass is 638 g/mol. The van der Waals surface area contributed by atoms with Gasteiger partial charge in [0.1, 0.15) is 12.6 Å². The first-order chi connectivity index (χ1) is 20.7. The van der Waals surface area contributed by atoms with Gasteiger partial charge in [-0.25, -0.2) is 9.48 Å². The zero-order chi connectivity index (χ0) is 31.2. The largest absolute Gasteiger partial charge is 0.489 e. The van der Waals surface area contributed by atoms with Crippen molar-refractivity contribution in [3.8, 4) is 16.9 Å². The number of aromatic nitrogens is 3. The van der Waals surface area contributed by atoms with E-state index in [1.165, 1.54) is 30.3 Å². The van der Waals surface area contributed by atoms with Crippen molar-refractivity contribution in [3.63, 3.8) is 0 Å². The summed E-state index contributed by atoms with van der Waals surface area (Å²) in [5.41, 5.74) is 0.947. The Balaban J connectivity index is 1.60. The molecule has 1 amide bonds. The Morgan fingerprint density at radius 2 is 1.51 bits per heavy atom. The molecule has 3 aromatic rings. The predicted molar refractivity (Wildman–Crippen MR) is 157 cm³/mol. The molecule has 1 unspecified atom stereocenters. The van der Waals surface area contributed by atoms with Crippen LogP contribution in [0.2, 0.25) is 10.0 Å². The number of aliphatic hydroxyl groups is 1. The number of hydrogen-bond acceptors (Lipinski definition) is 10. The van der Waals surface area contributed by atoms with Crippen molar-refractivity contribution in [2.24, 2.45) is 7.05 Å². The number of benzene rings is 1. The maximum atomic E-state index is 13.0. The smallest absolute Gasteiger partial charge is 0.326 e. The number of nitrogens with one attached hydrogen (secondary N) is 1. The normalized spacial score (nSPS) is 11.7. The number of aliphatic carboxylic acids is 1. The number of carboxylic acids is 1. The second-order valence-corrected chi connectivity index (χ2v) is 9.78. The Morgan fingerprint density at radius 1 is 0.930 bits per heavy atom. The summed E-state index contributed by atoms with van der Waals surface area (Å²) in [6.07, 6.45) is 3.87. The minimum Gasteiger partial charge on any atom is -0.489 e. The minimum absolute atomic E-state index is 0.00665. The van der Waals surface area contributed by atoms with Crippen molar-refractivity contribution >= 4 is 35.1 Å². The second kappa shape index (κ2) is 17.5. The summed E-state index contributed by atoms with van der Waals surface area (Å²) in [6, 6.07) is 5.36. The van der Waals surface area contributed by atoms with Crippen molar-refractivity contribution in [2.75, 3.05) is 52.9 Å². The van der Waals surface area contributed by atoms with Gasteiger partial charge < -0.3 is 34.5 Å². The van der Waals surface area contributed by atoms with E-state index >= 15 is 0 Å². The number of aryl methyl sites for hydroxylation is 1. The molecule has 1 atom stereocenters. The Bertz CT molecular complexity index is 1400. The van der Waals surface area contributed by atoms with E-state index in [4.69, 9.17) is 47.3 Å². The number of hydrogen-bond donors (Lipinski definition) is 3.